The van der Waals surface area contributed by atoms with Gasteiger partial charge in [0.05, 0.1) is 16.1 Å². The van der Waals surface area contributed by atoms with Crippen molar-refractivity contribution in [2.45, 2.75) is 11.8 Å². The van der Waals surface area contributed by atoms with Crippen LogP contribution in [-0.2, 0) is 10.0 Å². The van der Waals surface area contributed by atoms with E-state index in [9.17, 15) is 13.2 Å². The van der Waals surface area contributed by atoms with Gasteiger partial charge in [0.2, 0.25) is 0 Å². The largest absolute Gasteiger partial charge is 0.478 e. The molecule has 0 fully saturated rings. The average Bonchev–Trinajstić information content (AvgIpc) is 2.55. The maximum Gasteiger partial charge on any atom is 0.336 e. The molecule has 0 aliphatic rings. The highest BCUT2D eigenvalue weighted by atomic mass is 32.2. The van der Waals surface area contributed by atoms with Crippen molar-refractivity contribution in [2.24, 2.45) is 0 Å². The van der Waals surface area contributed by atoms with Crippen LogP contribution in [0.5, 0.6) is 0 Å². The fourth-order valence-electron chi connectivity index (χ4n) is 2.50. The lowest BCUT2D eigenvalue weighted by atomic mass is 10.1. The molecule has 0 radical (unpaired) electrons. The lowest BCUT2D eigenvalue weighted by molar-refractivity contribution is 0.0696. The third kappa shape index (κ3) is 2.81. The van der Waals surface area contributed by atoms with Crippen LogP contribution in [0.15, 0.2) is 59.8 Å². The van der Waals surface area contributed by atoms with E-state index in [0.717, 1.165) is 0 Å². The van der Waals surface area contributed by atoms with E-state index in [4.69, 9.17) is 5.11 Å². The van der Waals surface area contributed by atoms with Gasteiger partial charge in [-0.3, -0.25) is 9.71 Å². The molecule has 1 heterocycles. The van der Waals surface area contributed by atoms with Crippen molar-refractivity contribution in [3.63, 3.8) is 0 Å². The van der Waals surface area contributed by atoms with Gasteiger partial charge < -0.3 is 5.11 Å². The Labute approximate surface area is 138 Å². The molecule has 24 heavy (non-hydrogen) atoms. The van der Waals surface area contributed by atoms with Gasteiger partial charge in [0, 0.05) is 23.2 Å². The van der Waals surface area contributed by atoms with Crippen LogP contribution in [0.3, 0.4) is 0 Å². The van der Waals surface area contributed by atoms with Crippen molar-refractivity contribution in [2.75, 3.05) is 4.72 Å². The first-order valence-corrected chi connectivity index (χ1v) is 8.57. The van der Waals surface area contributed by atoms with Gasteiger partial charge in [-0.1, -0.05) is 18.2 Å². The average molecular weight is 342 g/mol. The van der Waals surface area contributed by atoms with Crippen LogP contribution < -0.4 is 4.72 Å². The number of rotatable bonds is 4. The molecule has 3 rings (SSSR count). The number of aromatic carboxylic acids is 1. The molecular weight excluding hydrogens is 328 g/mol. The molecule has 2 N–H and O–H groups in total. The first-order chi connectivity index (χ1) is 11.4. The number of anilines is 1. The number of pyridine rings is 1. The molecule has 1 aromatic heterocycles. The zero-order chi connectivity index (χ0) is 17.3. The number of fused-ring (bicyclic) bond motifs is 1. The summed E-state index contributed by atoms with van der Waals surface area (Å²) in [6.07, 6.45) is 3.11. The normalized spacial score (nSPS) is 11.4. The van der Waals surface area contributed by atoms with E-state index in [1.807, 2.05) is 0 Å². The molecule has 0 saturated carbocycles. The minimum absolute atomic E-state index is 0.0531. The highest BCUT2D eigenvalue weighted by Gasteiger charge is 2.19. The fourth-order valence-corrected chi connectivity index (χ4v) is 3.86. The van der Waals surface area contributed by atoms with Crippen LogP contribution in [0.4, 0.5) is 5.69 Å². The van der Waals surface area contributed by atoms with E-state index in [2.05, 4.69) is 9.71 Å². The van der Waals surface area contributed by atoms with Gasteiger partial charge in [0.1, 0.15) is 0 Å². The standard InChI is InChI=1S/C17H14N2O4S/c1-11-13(17(20)21)5-3-6-15(11)19-24(22,23)16-7-2-4-12-10-18-9-8-14(12)16/h2-10,19H,1H3,(H,20,21). The molecule has 0 aliphatic carbocycles. The highest BCUT2D eigenvalue weighted by Crippen LogP contribution is 2.26. The topological polar surface area (TPSA) is 96.4 Å². The van der Waals surface area contributed by atoms with Gasteiger partial charge in [-0.2, -0.15) is 0 Å². The number of hydrogen-bond donors (Lipinski definition) is 2. The van der Waals surface area contributed by atoms with Crippen LogP contribution in [0.25, 0.3) is 10.8 Å². The second kappa shape index (κ2) is 5.93. The zero-order valence-corrected chi connectivity index (χ0v) is 13.5. The molecule has 122 valence electrons. The molecule has 0 aliphatic heterocycles. The molecule has 7 heteroatoms. The number of carboxylic acid groups (broad SMARTS) is 1. The van der Waals surface area contributed by atoms with Crippen molar-refractivity contribution < 1.29 is 18.3 Å². The Kier molecular flexibility index (Phi) is 3.94. The predicted molar refractivity (Wildman–Crippen MR) is 90.7 cm³/mol. The summed E-state index contributed by atoms with van der Waals surface area (Å²) in [5, 5.41) is 10.4. The number of hydrogen-bond acceptors (Lipinski definition) is 4. The summed E-state index contributed by atoms with van der Waals surface area (Å²) in [5.74, 6) is -1.11. The third-order valence-corrected chi connectivity index (χ3v) is 5.16. The van der Waals surface area contributed by atoms with Crippen molar-refractivity contribution in [3.05, 3.63) is 66.0 Å². The van der Waals surface area contributed by atoms with Gasteiger partial charge in [-0.05, 0) is 36.8 Å². The summed E-state index contributed by atoms with van der Waals surface area (Å²) in [7, 11) is -3.88. The number of carbonyl (C=O) groups is 1. The molecule has 3 aromatic rings. The summed E-state index contributed by atoms with van der Waals surface area (Å²) in [4.78, 5) is 15.3. The second-order valence-corrected chi connectivity index (χ2v) is 6.89. The number of nitrogens with zero attached hydrogens (tertiary/aromatic N) is 1. The van der Waals surface area contributed by atoms with Crippen LogP contribution in [-0.4, -0.2) is 24.5 Å². The van der Waals surface area contributed by atoms with Crippen LogP contribution in [0, 0.1) is 6.92 Å². The second-order valence-electron chi connectivity index (χ2n) is 5.24. The maximum absolute atomic E-state index is 12.8. The number of benzene rings is 2. The Bertz CT molecular complexity index is 1040. The van der Waals surface area contributed by atoms with Crippen LogP contribution in [0.2, 0.25) is 0 Å². The molecule has 0 bridgehead atoms. The molecule has 2 aromatic carbocycles. The fraction of sp³-hybridized carbons (Fsp3) is 0.0588. The first kappa shape index (κ1) is 15.9. The SMILES string of the molecule is Cc1c(NS(=O)(=O)c2cccc3cnccc23)cccc1C(=O)O. The van der Waals surface area contributed by atoms with Gasteiger partial charge in [-0.25, -0.2) is 13.2 Å². The summed E-state index contributed by atoms with van der Waals surface area (Å²) in [6.45, 7) is 1.56. The third-order valence-electron chi connectivity index (χ3n) is 3.74. The van der Waals surface area contributed by atoms with Gasteiger partial charge in [0.15, 0.2) is 0 Å². The van der Waals surface area contributed by atoms with E-state index in [0.29, 0.717) is 16.3 Å². The van der Waals surface area contributed by atoms with E-state index < -0.39 is 16.0 Å². The smallest absolute Gasteiger partial charge is 0.336 e. The highest BCUT2D eigenvalue weighted by molar-refractivity contribution is 7.93. The van der Waals surface area contributed by atoms with Crippen molar-refractivity contribution in [1.82, 2.24) is 4.98 Å². The van der Waals surface area contributed by atoms with E-state index >= 15 is 0 Å². The van der Waals surface area contributed by atoms with Gasteiger partial charge in [0.25, 0.3) is 10.0 Å². The maximum atomic E-state index is 12.8. The Balaban J connectivity index is 2.10. The minimum Gasteiger partial charge on any atom is -0.478 e. The van der Waals surface area contributed by atoms with Crippen LogP contribution >= 0.6 is 0 Å². The summed E-state index contributed by atoms with van der Waals surface area (Å²) >= 11 is 0. The quantitative estimate of drug-likeness (QED) is 0.759. The molecule has 0 amide bonds. The summed E-state index contributed by atoms with van der Waals surface area (Å²) in [5.41, 5.74) is 0.647. The number of aromatic nitrogens is 1. The van der Waals surface area contributed by atoms with Crippen molar-refractivity contribution in [1.29, 1.82) is 0 Å². The Morgan fingerprint density at radius 3 is 2.62 bits per heavy atom. The van der Waals surface area contributed by atoms with E-state index in [1.165, 1.54) is 30.5 Å². The van der Waals surface area contributed by atoms with Gasteiger partial charge in [-0.15, -0.1) is 0 Å². The molecule has 6 nitrogen and oxygen atoms in total. The lowest BCUT2D eigenvalue weighted by Gasteiger charge is -2.13. The van der Waals surface area contributed by atoms with Crippen molar-refractivity contribution in [3.8, 4) is 0 Å². The molecule has 0 saturated heterocycles. The minimum atomic E-state index is -3.88. The Morgan fingerprint density at radius 1 is 1.12 bits per heavy atom. The lowest BCUT2D eigenvalue weighted by Crippen LogP contribution is -2.15. The van der Waals surface area contributed by atoms with Gasteiger partial charge >= 0.3 is 5.97 Å². The monoisotopic (exact) mass is 342 g/mol. The zero-order valence-electron chi connectivity index (χ0n) is 12.7. The number of nitrogens with one attached hydrogen (secondary N) is 1. The number of carboxylic acids is 1. The van der Waals surface area contributed by atoms with Crippen LogP contribution in [0.1, 0.15) is 15.9 Å². The first-order valence-electron chi connectivity index (χ1n) is 7.08. The molecule has 0 spiro atoms. The predicted octanol–water partition coefficient (Wildman–Crippen LogP) is 3.04. The summed E-state index contributed by atoms with van der Waals surface area (Å²) in [6, 6.07) is 11.0. The Morgan fingerprint density at radius 2 is 1.88 bits per heavy atom. The molecule has 0 unspecified atom stereocenters. The summed E-state index contributed by atoms with van der Waals surface area (Å²) < 4.78 is 28.0. The number of sulfonamides is 1. The molecule has 0 atom stereocenters. The van der Waals surface area contributed by atoms with Crippen molar-refractivity contribution >= 4 is 32.5 Å². The molecular formula is C17H14N2O4S. The Hall–Kier alpha value is -2.93. The van der Waals surface area contributed by atoms with E-state index in [-0.39, 0.29) is 16.1 Å². The van der Waals surface area contributed by atoms with E-state index in [1.54, 1.807) is 31.3 Å².